The van der Waals surface area contributed by atoms with Gasteiger partial charge in [0.15, 0.2) is 11.5 Å². The molecule has 0 bridgehead atoms. The summed E-state index contributed by atoms with van der Waals surface area (Å²) in [5.74, 6) is 1.28. The maximum Gasteiger partial charge on any atom is 0.416 e. The van der Waals surface area contributed by atoms with Gasteiger partial charge in [-0.25, -0.2) is 4.79 Å². The molecule has 0 atom stereocenters. The summed E-state index contributed by atoms with van der Waals surface area (Å²) in [7, 11) is 0. The van der Waals surface area contributed by atoms with Crippen LogP contribution in [0.25, 0.3) is 0 Å². The van der Waals surface area contributed by atoms with Gasteiger partial charge in [-0.15, -0.1) is 0 Å². The number of nitrogens with zero attached hydrogens (tertiary/aromatic N) is 2. The molecule has 0 radical (unpaired) electrons. The van der Waals surface area contributed by atoms with Crippen LogP contribution in [0.5, 0.6) is 11.5 Å². The summed E-state index contributed by atoms with van der Waals surface area (Å²) in [5.41, 5.74) is 0.211. The molecule has 6 nitrogen and oxygen atoms in total. The molecule has 0 spiro atoms. The number of urea groups is 1. The van der Waals surface area contributed by atoms with Gasteiger partial charge >= 0.3 is 12.2 Å². The lowest BCUT2D eigenvalue weighted by Crippen LogP contribution is -2.52. The van der Waals surface area contributed by atoms with E-state index in [1.165, 1.54) is 12.1 Å². The first-order valence-electron chi connectivity index (χ1n) is 11.4. The fraction of sp³-hybridized carbons (Fsp3) is 0.480. The van der Waals surface area contributed by atoms with Crippen LogP contribution in [-0.4, -0.2) is 47.3 Å². The Balaban J connectivity index is 1.54. The average molecular weight is 478 g/mol. The molecule has 0 saturated carbocycles. The van der Waals surface area contributed by atoms with Crippen molar-refractivity contribution in [2.24, 2.45) is 0 Å². The van der Waals surface area contributed by atoms with Crippen LogP contribution in [0.15, 0.2) is 42.5 Å². The highest BCUT2D eigenvalue weighted by Gasteiger charge is 2.33. The summed E-state index contributed by atoms with van der Waals surface area (Å²) in [6.45, 7) is 8.63. The Labute approximate surface area is 197 Å². The molecule has 2 amide bonds. The second kappa shape index (κ2) is 9.37. The van der Waals surface area contributed by atoms with Crippen LogP contribution in [0.4, 0.5) is 23.7 Å². The van der Waals surface area contributed by atoms with Crippen molar-refractivity contribution in [3.8, 4) is 11.5 Å². The first-order valence-corrected chi connectivity index (χ1v) is 11.4. The zero-order chi connectivity index (χ0) is 24.5. The van der Waals surface area contributed by atoms with Crippen molar-refractivity contribution in [2.75, 3.05) is 25.2 Å². The molecule has 0 aliphatic carbocycles. The molecule has 1 saturated heterocycles. The van der Waals surface area contributed by atoms with Crippen molar-refractivity contribution in [2.45, 2.75) is 57.9 Å². The van der Waals surface area contributed by atoms with E-state index in [9.17, 15) is 18.0 Å². The number of rotatable bonds is 4. The summed E-state index contributed by atoms with van der Waals surface area (Å²) in [6, 6.07) is 9.76. The predicted molar refractivity (Wildman–Crippen MR) is 123 cm³/mol. The van der Waals surface area contributed by atoms with Gasteiger partial charge in [0.1, 0.15) is 0 Å². The molecular weight excluding hydrogens is 447 g/mol. The third-order valence-electron chi connectivity index (χ3n) is 6.35. The van der Waals surface area contributed by atoms with Gasteiger partial charge < -0.3 is 19.7 Å². The van der Waals surface area contributed by atoms with E-state index < -0.39 is 17.8 Å². The number of nitrogens with one attached hydrogen (secondary N) is 1. The maximum absolute atomic E-state index is 13.4. The first kappa shape index (κ1) is 24.2. The Kier molecular flexibility index (Phi) is 6.66. The largest absolute Gasteiger partial charge is 0.454 e. The summed E-state index contributed by atoms with van der Waals surface area (Å²) in [6.07, 6.45) is -2.93. The van der Waals surface area contributed by atoms with Gasteiger partial charge in [-0.1, -0.05) is 12.1 Å². The second-order valence-electron chi connectivity index (χ2n) is 9.71. The number of carbonyl (C=O) groups is 1. The number of hydrogen-bond donors (Lipinski definition) is 1. The normalized spacial score (nSPS) is 17.0. The molecule has 184 valence electrons. The first-order chi connectivity index (χ1) is 16.0. The lowest BCUT2D eigenvalue weighted by molar-refractivity contribution is -0.137. The van der Waals surface area contributed by atoms with Gasteiger partial charge in [-0.05, 0) is 69.5 Å². The Morgan fingerprint density at radius 1 is 1.06 bits per heavy atom. The van der Waals surface area contributed by atoms with Crippen LogP contribution in [0, 0.1) is 0 Å². The van der Waals surface area contributed by atoms with Gasteiger partial charge in [0.2, 0.25) is 6.79 Å². The molecule has 2 aliphatic heterocycles. The van der Waals surface area contributed by atoms with E-state index >= 15 is 0 Å². The van der Waals surface area contributed by atoms with E-state index in [4.69, 9.17) is 9.47 Å². The number of ether oxygens (including phenoxy) is 2. The topological polar surface area (TPSA) is 54.0 Å². The Bertz CT molecular complexity index is 1030. The van der Waals surface area contributed by atoms with Crippen LogP contribution < -0.4 is 14.8 Å². The number of alkyl halides is 3. The summed E-state index contributed by atoms with van der Waals surface area (Å²) >= 11 is 0. The molecule has 9 heteroatoms. The van der Waals surface area contributed by atoms with Crippen molar-refractivity contribution >= 4 is 11.7 Å². The van der Waals surface area contributed by atoms with E-state index in [1.54, 1.807) is 4.90 Å². The number of anilines is 1. The van der Waals surface area contributed by atoms with Crippen LogP contribution in [0.1, 0.15) is 44.7 Å². The summed E-state index contributed by atoms with van der Waals surface area (Å²) in [5, 5.41) is 2.68. The van der Waals surface area contributed by atoms with Gasteiger partial charge in [0.05, 0.1) is 5.56 Å². The Morgan fingerprint density at radius 2 is 1.76 bits per heavy atom. The second-order valence-corrected chi connectivity index (χ2v) is 9.71. The smallest absolute Gasteiger partial charge is 0.416 e. The van der Waals surface area contributed by atoms with Gasteiger partial charge in [0.25, 0.3) is 0 Å². The number of piperidine rings is 1. The Hall–Kier alpha value is -2.94. The molecule has 0 aromatic heterocycles. The molecule has 2 aromatic rings. The zero-order valence-corrected chi connectivity index (χ0v) is 19.6. The highest BCUT2D eigenvalue weighted by Crippen LogP contribution is 2.34. The Morgan fingerprint density at radius 3 is 2.44 bits per heavy atom. The number of fused-ring (bicyclic) bond motifs is 1. The molecule has 1 fully saturated rings. The van der Waals surface area contributed by atoms with Gasteiger partial charge in [0, 0.05) is 36.9 Å². The predicted octanol–water partition coefficient (Wildman–Crippen LogP) is 5.73. The van der Waals surface area contributed by atoms with Gasteiger partial charge in [-0.2, -0.15) is 13.2 Å². The highest BCUT2D eigenvalue weighted by molar-refractivity contribution is 5.89. The van der Waals surface area contributed by atoms with E-state index in [0.717, 1.165) is 43.6 Å². The SMILES string of the molecule is CC(C)(C)N1CCC(N(Cc2ccc3c(c2)OCO3)C(=O)Nc2cccc(C(F)(F)F)c2)CC1. The standard InChI is InChI=1S/C25H30F3N3O3/c1-24(2,3)30-11-9-20(10-12-30)31(15-17-7-8-21-22(13-17)34-16-33-21)23(32)29-19-6-4-5-18(14-19)25(26,27)28/h4-8,13-14,20H,9-12,15-16H2,1-3H3,(H,29,32). The number of likely N-dealkylation sites (tertiary alicyclic amines) is 1. The summed E-state index contributed by atoms with van der Waals surface area (Å²) < 4.78 is 50.2. The number of amides is 2. The van der Waals surface area contributed by atoms with Crippen LogP contribution in [0.2, 0.25) is 0 Å². The third kappa shape index (κ3) is 5.58. The third-order valence-corrected chi connectivity index (χ3v) is 6.35. The summed E-state index contributed by atoms with van der Waals surface area (Å²) in [4.78, 5) is 17.5. The van der Waals surface area contributed by atoms with Crippen LogP contribution in [0.3, 0.4) is 0 Å². The van der Waals surface area contributed by atoms with E-state index in [-0.39, 0.29) is 24.1 Å². The van der Waals surface area contributed by atoms with Crippen molar-refractivity contribution in [1.29, 1.82) is 0 Å². The van der Waals surface area contributed by atoms with E-state index in [1.807, 2.05) is 18.2 Å². The van der Waals surface area contributed by atoms with Gasteiger partial charge in [-0.3, -0.25) is 4.90 Å². The maximum atomic E-state index is 13.4. The molecule has 2 aromatic carbocycles. The molecule has 4 rings (SSSR count). The van der Waals surface area contributed by atoms with E-state index in [0.29, 0.717) is 18.0 Å². The fourth-order valence-corrected chi connectivity index (χ4v) is 4.42. The lowest BCUT2D eigenvalue weighted by Gasteiger charge is -2.43. The average Bonchev–Trinajstić information content (AvgIpc) is 3.24. The molecule has 2 aliphatic rings. The van der Waals surface area contributed by atoms with Crippen molar-refractivity contribution in [3.05, 3.63) is 53.6 Å². The zero-order valence-electron chi connectivity index (χ0n) is 19.6. The van der Waals surface area contributed by atoms with Crippen molar-refractivity contribution in [1.82, 2.24) is 9.80 Å². The fourth-order valence-electron chi connectivity index (χ4n) is 4.42. The molecule has 34 heavy (non-hydrogen) atoms. The minimum Gasteiger partial charge on any atom is -0.454 e. The highest BCUT2D eigenvalue weighted by atomic mass is 19.4. The van der Waals surface area contributed by atoms with Crippen LogP contribution >= 0.6 is 0 Å². The number of carbonyl (C=O) groups excluding carboxylic acids is 1. The molecule has 0 unspecified atom stereocenters. The minimum atomic E-state index is -4.48. The monoisotopic (exact) mass is 477 g/mol. The number of halogens is 3. The van der Waals surface area contributed by atoms with Crippen molar-refractivity contribution in [3.63, 3.8) is 0 Å². The van der Waals surface area contributed by atoms with Crippen molar-refractivity contribution < 1.29 is 27.4 Å². The van der Waals surface area contributed by atoms with Crippen LogP contribution in [-0.2, 0) is 12.7 Å². The molecular formula is C25H30F3N3O3. The molecule has 2 heterocycles. The quantitative estimate of drug-likeness (QED) is 0.611. The lowest BCUT2D eigenvalue weighted by atomic mass is 9.97. The molecule has 1 N–H and O–H groups in total. The minimum absolute atomic E-state index is 0.0351. The number of hydrogen-bond acceptors (Lipinski definition) is 4. The number of benzene rings is 2. The van der Waals surface area contributed by atoms with E-state index in [2.05, 4.69) is 31.0 Å².